The van der Waals surface area contributed by atoms with E-state index < -0.39 is 0 Å². The molecule has 1 rings (SSSR count). The fourth-order valence-corrected chi connectivity index (χ4v) is 1.87. The first-order valence-electron chi connectivity index (χ1n) is 6.31. The Morgan fingerprint density at radius 3 is 1.71 bits per heavy atom. The van der Waals surface area contributed by atoms with Crippen LogP contribution in [0.5, 0.6) is 11.5 Å². The van der Waals surface area contributed by atoms with E-state index in [9.17, 15) is 5.11 Å². The second-order valence-corrected chi connectivity index (χ2v) is 5.18. The number of hydrogen-bond acceptors (Lipinski definition) is 3. The maximum atomic E-state index is 9.29. The van der Waals surface area contributed by atoms with E-state index in [1.807, 2.05) is 39.8 Å². The molecule has 132 valence electrons. The van der Waals surface area contributed by atoms with E-state index in [1.165, 1.54) is 0 Å². The molecule has 1 aromatic carbocycles. The summed E-state index contributed by atoms with van der Waals surface area (Å²) in [6.07, 6.45) is 0.168. The molecule has 0 atom stereocenters. The van der Waals surface area contributed by atoms with Gasteiger partial charge in [0, 0.05) is 23.4 Å². The number of benzene rings is 1. The molecule has 0 bridgehead atoms. The van der Waals surface area contributed by atoms with Gasteiger partial charge in [0.05, 0.1) is 23.3 Å². The molecule has 0 saturated carbocycles. The zero-order chi connectivity index (χ0) is 19.0. The first-order chi connectivity index (χ1) is 10.9. The summed E-state index contributed by atoms with van der Waals surface area (Å²) in [5, 5.41) is 9.29. The first kappa shape index (κ1) is 30.8. The van der Waals surface area contributed by atoms with Crippen LogP contribution in [0, 0.1) is 20.0 Å². The van der Waals surface area contributed by atoms with E-state index in [1.54, 1.807) is 0 Å². The molecular formula is C16H19BrCrO6. The molecule has 0 fully saturated rings. The van der Waals surface area contributed by atoms with E-state index in [4.69, 9.17) is 23.4 Å². The smallest absolute Gasteiger partial charge is 0 e. The van der Waals surface area contributed by atoms with Gasteiger partial charge in [-0.1, -0.05) is 0 Å². The third-order valence-corrected chi connectivity index (χ3v) is 2.89. The normalized spacial score (nSPS) is 8.08. The maximum Gasteiger partial charge on any atom is 0 e. The standard InChI is InChI=1S/C13H19BrO3.3CO.Cr/c1-8(2)16-11-5-10(7-15)13(14)12(6-11)17-9(3)4;3*1-2;/h5-6,8-9,15H,7H2,1-4H3;;;;. The Morgan fingerprint density at radius 1 is 0.958 bits per heavy atom. The van der Waals surface area contributed by atoms with Crippen LogP contribution in [0.25, 0.3) is 0 Å². The molecule has 0 saturated heterocycles. The Kier molecular flexibility index (Phi) is 25.8. The van der Waals surface area contributed by atoms with Crippen molar-refractivity contribution in [1.82, 2.24) is 0 Å². The molecule has 0 aliphatic carbocycles. The number of hydrogen-bond donors (Lipinski definition) is 1. The summed E-state index contributed by atoms with van der Waals surface area (Å²) in [6, 6.07) is 3.65. The number of aliphatic hydroxyl groups is 1. The Labute approximate surface area is 162 Å². The van der Waals surface area contributed by atoms with Crippen LogP contribution < -0.4 is 9.47 Å². The topological polar surface area (TPSA) is 98.4 Å². The SMILES string of the molecule is CC(C)Oc1cc(CO)c(Br)c(OC(C)C)c1.[C-]#[O+].[C-]#[O+].[C-]#[O+].[Cr]. The number of halogens is 1. The molecule has 1 aromatic rings. The largest absolute Gasteiger partial charge is 0 e. The van der Waals surface area contributed by atoms with Crippen molar-refractivity contribution in [3.63, 3.8) is 0 Å². The first-order valence-corrected chi connectivity index (χ1v) is 7.11. The van der Waals surface area contributed by atoms with Crippen LogP contribution in [-0.2, 0) is 37.9 Å². The van der Waals surface area contributed by atoms with Crippen molar-refractivity contribution < 1.29 is 45.9 Å². The molecule has 0 unspecified atom stereocenters. The van der Waals surface area contributed by atoms with Crippen molar-refractivity contribution >= 4 is 15.9 Å². The maximum absolute atomic E-state index is 9.29. The van der Waals surface area contributed by atoms with E-state index in [2.05, 4.69) is 35.9 Å². The molecule has 1 N–H and O–H groups in total. The molecule has 0 aliphatic heterocycles. The summed E-state index contributed by atoms with van der Waals surface area (Å²) < 4.78 is 34.6. The van der Waals surface area contributed by atoms with Crippen LogP contribution in [-0.4, -0.2) is 17.3 Å². The summed E-state index contributed by atoms with van der Waals surface area (Å²) >= 11 is 3.43. The van der Waals surface area contributed by atoms with Gasteiger partial charge in [0.1, 0.15) is 11.5 Å². The number of rotatable bonds is 5. The predicted molar refractivity (Wildman–Crippen MR) is 83.4 cm³/mol. The number of ether oxygens (including phenoxy) is 2. The van der Waals surface area contributed by atoms with Crippen LogP contribution in [0.4, 0.5) is 0 Å². The van der Waals surface area contributed by atoms with Gasteiger partial charge in [-0.05, 0) is 55.3 Å². The van der Waals surface area contributed by atoms with Gasteiger partial charge in [-0.25, -0.2) is 0 Å². The summed E-state index contributed by atoms with van der Waals surface area (Å²) in [5.41, 5.74) is 0.763. The molecule has 0 radical (unpaired) electrons. The second-order valence-electron chi connectivity index (χ2n) is 4.39. The van der Waals surface area contributed by atoms with Gasteiger partial charge < -0.3 is 14.6 Å². The quantitative estimate of drug-likeness (QED) is 0.563. The fraction of sp³-hybridized carbons (Fsp3) is 0.438. The molecule has 0 heterocycles. The average molecular weight is 439 g/mol. The molecule has 0 aliphatic rings. The summed E-state index contributed by atoms with van der Waals surface area (Å²) in [4.78, 5) is 0. The van der Waals surface area contributed by atoms with Crippen LogP contribution in [0.2, 0.25) is 0 Å². The van der Waals surface area contributed by atoms with Gasteiger partial charge in [-0.2, -0.15) is 0 Å². The molecular weight excluding hydrogens is 420 g/mol. The number of aliphatic hydroxyl groups excluding tert-OH is 1. The van der Waals surface area contributed by atoms with Gasteiger partial charge in [-0.3, -0.25) is 0 Å². The minimum Gasteiger partial charge on any atom is 0 e. The van der Waals surface area contributed by atoms with Crippen LogP contribution in [0.1, 0.15) is 33.3 Å². The Bertz CT molecular complexity index is 483. The molecule has 0 aromatic heterocycles. The Balaban J connectivity index is -0.000000256. The van der Waals surface area contributed by atoms with E-state index >= 15 is 0 Å². The predicted octanol–water partition coefficient (Wildman–Crippen LogP) is 3.40. The van der Waals surface area contributed by atoms with Gasteiger partial charge in [-0.15, -0.1) is 0 Å². The monoisotopic (exact) mass is 438 g/mol. The van der Waals surface area contributed by atoms with Gasteiger partial charge >= 0.3 is 33.9 Å². The van der Waals surface area contributed by atoms with Crippen molar-refractivity contribution in [2.24, 2.45) is 0 Å². The van der Waals surface area contributed by atoms with Crippen molar-refractivity contribution in [2.75, 3.05) is 0 Å². The Morgan fingerprint density at radius 2 is 1.38 bits per heavy atom. The van der Waals surface area contributed by atoms with Gasteiger partial charge in [0.15, 0.2) is 0 Å². The van der Waals surface area contributed by atoms with Crippen LogP contribution >= 0.6 is 15.9 Å². The van der Waals surface area contributed by atoms with Crippen LogP contribution in [0.3, 0.4) is 0 Å². The molecule has 24 heavy (non-hydrogen) atoms. The molecule has 8 heteroatoms. The van der Waals surface area contributed by atoms with Crippen molar-refractivity contribution in [1.29, 1.82) is 0 Å². The van der Waals surface area contributed by atoms with Crippen LogP contribution in [0.15, 0.2) is 16.6 Å². The minimum absolute atomic E-state index is 0. The van der Waals surface area contributed by atoms with Crippen molar-refractivity contribution in [3.8, 4) is 11.5 Å². The summed E-state index contributed by atoms with van der Waals surface area (Å²) in [5.74, 6) is 1.41. The molecule has 0 amide bonds. The zero-order valence-electron chi connectivity index (χ0n) is 13.8. The average Bonchev–Trinajstić information content (AvgIpc) is 2.55. The zero-order valence-corrected chi connectivity index (χ0v) is 16.7. The third-order valence-electron chi connectivity index (χ3n) is 1.99. The van der Waals surface area contributed by atoms with Gasteiger partial charge in [0.25, 0.3) is 0 Å². The van der Waals surface area contributed by atoms with Crippen molar-refractivity contribution in [2.45, 2.75) is 46.5 Å². The van der Waals surface area contributed by atoms with E-state index in [0.717, 1.165) is 10.0 Å². The summed E-state index contributed by atoms with van der Waals surface area (Å²) in [7, 11) is 0. The van der Waals surface area contributed by atoms with Gasteiger partial charge in [0.2, 0.25) is 0 Å². The Hall–Kier alpha value is -0.988. The molecule has 6 nitrogen and oxygen atoms in total. The fourth-order valence-electron chi connectivity index (χ4n) is 1.42. The summed E-state index contributed by atoms with van der Waals surface area (Å²) in [6.45, 7) is 21.3. The van der Waals surface area contributed by atoms with Crippen molar-refractivity contribution in [3.05, 3.63) is 42.1 Å². The van der Waals surface area contributed by atoms with E-state index in [0.29, 0.717) is 11.5 Å². The van der Waals surface area contributed by atoms with E-state index in [-0.39, 0.29) is 36.2 Å². The minimum atomic E-state index is -0.0513. The third kappa shape index (κ3) is 13.5. The second kappa shape index (κ2) is 20.1. The molecule has 0 spiro atoms.